The van der Waals surface area contributed by atoms with Crippen LogP contribution in [-0.2, 0) is 14.8 Å². The lowest BCUT2D eigenvalue weighted by Gasteiger charge is -2.11. The number of carbonyl (C=O) groups excluding carboxylic acids is 1. The minimum atomic E-state index is -3.38. The van der Waals surface area contributed by atoms with Gasteiger partial charge in [-0.15, -0.1) is 0 Å². The number of hydrogen-bond acceptors (Lipinski definition) is 6. The number of hydrogen-bond donors (Lipinski definition) is 1. The molecule has 0 aliphatic rings. The lowest BCUT2D eigenvalue weighted by atomic mass is 10.3. The predicted octanol–water partition coefficient (Wildman–Crippen LogP) is 1.39. The number of nitrogens with zero attached hydrogens (tertiary/aromatic N) is 2. The fraction of sp³-hybridized carbons (Fsp3) is 0.692. The van der Waals surface area contributed by atoms with Gasteiger partial charge in [-0.05, 0) is 27.2 Å². The van der Waals surface area contributed by atoms with Crippen LogP contribution in [0.4, 0.5) is 5.13 Å². The quantitative estimate of drug-likeness (QED) is 0.717. The van der Waals surface area contributed by atoms with Crippen LogP contribution < -0.4 is 9.62 Å². The van der Waals surface area contributed by atoms with E-state index in [0.717, 1.165) is 28.3 Å². The molecule has 1 aromatic heterocycles. The minimum Gasteiger partial charge on any atom is -0.379 e. The number of amides is 1. The first kappa shape index (κ1) is 18.9. The highest BCUT2D eigenvalue weighted by atomic mass is 32.2. The van der Waals surface area contributed by atoms with Crippen LogP contribution in [0.25, 0.3) is 0 Å². The van der Waals surface area contributed by atoms with Crippen molar-refractivity contribution in [1.29, 1.82) is 0 Å². The molecule has 0 fully saturated rings. The number of aromatic nitrogens is 1. The molecule has 0 saturated heterocycles. The summed E-state index contributed by atoms with van der Waals surface area (Å²) in [5.41, 5.74) is 0.520. The first-order valence-corrected chi connectivity index (χ1v) is 9.60. The topological polar surface area (TPSA) is 88.6 Å². The number of ether oxygens (including phenoxy) is 1. The summed E-state index contributed by atoms with van der Waals surface area (Å²) < 4.78 is 29.5. The molecule has 0 spiro atoms. The summed E-state index contributed by atoms with van der Waals surface area (Å²) in [4.78, 5) is 16.7. The van der Waals surface area contributed by atoms with Gasteiger partial charge in [-0.3, -0.25) is 4.79 Å². The number of carbonyl (C=O) groups is 1. The first-order chi connectivity index (χ1) is 10.1. The minimum absolute atomic E-state index is 0.175. The number of sulfonamides is 1. The van der Waals surface area contributed by atoms with Crippen LogP contribution in [0.1, 0.15) is 35.6 Å². The lowest BCUT2D eigenvalue weighted by Crippen LogP contribution is -2.25. The fourth-order valence-electron chi connectivity index (χ4n) is 1.54. The van der Waals surface area contributed by atoms with Crippen molar-refractivity contribution in [2.24, 2.45) is 0 Å². The third kappa shape index (κ3) is 5.54. The summed E-state index contributed by atoms with van der Waals surface area (Å²) >= 11 is 1.06. The summed E-state index contributed by atoms with van der Waals surface area (Å²) in [5, 5.41) is 3.07. The Hall–Kier alpha value is -1.19. The Morgan fingerprint density at radius 2 is 2.09 bits per heavy atom. The van der Waals surface area contributed by atoms with Gasteiger partial charge in [-0.1, -0.05) is 11.3 Å². The Labute approximate surface area is 135 Å². The highest BCUT2D eigenvalue weighted by molar-refractivity contribution is 7.92. The zero-order valence-corrected chi connectivity index (χ0v) is 15.2. The SMILES string of the molecule is Cc1nc(N(C)S(C)(=O)=O)sc1C(=O)NCCCOC(C)C. The first-order valence-electron chi connectivity index (χ1n) is 6.94. The lowest BCUT2D eigenvalue weighted by molar-refractivity contribution is 0.0757. The van der Waals surface area contributed by atoms with E-state index in [-0.39, 0.29) is 17.1 Å². The van der Waals surface area contributed by atoms with E-state index in [9.17, 15) is 13.2 Å². The molecule has 9 heteroatoms. The van der Waals surface area contributed by atoms with E-state index in [2.05, 4.69) is 10.3 Å². The van der Waals surface area contributed by atoms with Crippen LogP contribution in [0, 0.1) is 6.92 Å². The monoisotopic (exact) mass is 349 g/mol. The van der Waals surface area contributed by atoms with Crippen molar-refractivity contribution in [2.75, 3.05) is 30.8 Å². The van der Waals surface area contributed by atoms with Gasteiger partial charge < -0.3 is 10.1 Å². The fourth-order valence-corrected chi connectivity index (χ4v) is 3.24. The molecule has 0 aromatic carbocycles. The maximum absolute atomic E-state index is 12.1. The van der Waals surface area contributed by atoms with Gasteiger partial charge in [0, 0.05) is 20.2 Å². The summed E-state index contributed by atoms with van der Waals surface area (Å²) in [6.45, 7) is 6.69. The van der Waals surface area contributed by atoms with Crippen molar-refractivity contribution in [3.8, 4) is 0 Å². The second-order valence-electron chi connectivity index (χ2n) is 5.17. The van der Waals surface area contributed by atoms with Gasteiger partial charge in [0.25, 0.3) is 5.91 Å². The van der Waals surface area contributed by atoms with Gasteiger partial charge in [0.15, 0.2) is 5.13 Å². The van der Waals surface area contributed by atoms with Gasteiger partial charge in [-0.2, -0.15) is 0 Å². The molecular formula is C13H23N3O4S2. The zero-order valence-electron chi connectivity index (χ0n) is 13.5. The molecule has 1 aromatic rings. The van der Waals surface area contributed by atoms with Crippen LogP contribution in [0.2, 0.25) is 0 Å². The van der Waals surface area contributed by atoms with Crippen molar-refractivity contribution in [2.45, 2.75) is 33.3 Å². The second kappa shape index (κ2) is 7.89. The van der Waals surface area contributed by atoms with Crippen molar-refractivity contribution in [1.82, 2.24) is 10.3 Å². The van der Waals surface area contributed by atoms with E-state index >= 15 is 0 Å². The molecule has 1 N–H and O–H groups in total. The zero-order chi connectivity index (χ0) is 16.9. The molecule has 0 atom stereocenters. The smallest absolute Gasteiger partial charge is 0.263 e. The predicted molar refractivity (Wildman–Crippen MR) is 88.1 cm³/mol. The number of aryl methyl sites for hydroxylation is 1. The largest absolute Gasteiger partial charge is 0.379 e. The van der Waals surface area contributed by atoms with Crippen LogP contribution in [0.5, 0.6) is 0 Å². The molecule has 126 valence electrons. The average molecular weight is 349 g/mol. The second-order valence-corrected chi connectivity index (χ2v) is 8.16. The molecule has 0 radical (unpaired) electrons. The molecule has 1 rings (SSSR count). The van der Waals surface area contributed by atoms with Gasteiger partial charge in [-0.25, -0.2) is 17.7 Å². The highest BCUT2D eigenvalue weighted by Gasteiger charge is 2.21. The van der Waals surface area contributed by atoms with Crippen molar-refractivity contribution >= 4 is 32.4 Å². The Morgan fingerprint density at radius 1 is 1.45 bits per heavy atom. The molecule has 0 bridgehead atoms. The molecule has 0 aliphatic carbocycles. The van der Waals surface area contributed by atoms with E-state index < -0.39 is 10.0 Å². The molecule has 0 aliphatic heterocycles. The molecule has 7 nitrogen and oxygen atoms in total. The molecule has 0 unspecified atom stereocenters. The third-order valence-corrected chi connectivity index (χ3v) is 5.33. The van der Waals surface area contributed by atoms with E-state index in [0.29, 0.717) is 23.7 Å². The maximum Gasteiger partial charge on any atom is 0.263 e. The van der Waals surface area contributed by atoms with E-state index in [1.54, 1.807) is 6.92 Å². The molecule has 22 heavy (non-hydrogen) atoms. The van der Waals surface area contributed by atoms with Crippen molar-refractivity contribution in [3.05, 3.63) is 10.6 Å². The summed E-state index contributed by atoms with van der Waals surface area (Å²) in [5.74, 6) is -0.243. The summed E-state index contributed by atoms with van der Waals surface area (Å²) in [6, 6.07) is 0. The van der Waals surface area contributed by atoms with E-state index in [1.807, 2.05) is 13.8 Å². The van der Waals surface area contributed by atoms with Crippen LogP contribution in [-0.4, -0.2) is 51.9 Å². The molecule has 1 heterocycles. The number of thiazole rings is 1. The standard InChI is InChI=1S/C13H23N3O4S2/c1-9(2)20-8-6-7-14-12(17)11-10(3)15-13(21-11)16(4)22(5,18)19/h9H,6-8H2,1-5H3,(H,14,17). The Kier molecular flexibility index (Phi) is 6.76. The molecular weight excluding hydrogens is 326 g/mol. The number of nitrogens with one attached hydrogen (secondary N) is 1. The van der Waals surface area contributed by atoms with E-state index in [4.69, 9.17) is 4.74 Å². The average Bonchev–Trinajstić information content (AvgIpc) is 2.77. The third-order valence-electron chi connectivity index (χ3n) is 2.82. The highest BCUT2D eigenvalue weighted by Crippen LogP contribution is 2.26. The Morgan fingerprint density at radius 3 is 2.64 bits per heavy atom. The van der Waals surface area contributed by atoms with Crippen molar-refractivity contribution in [3.63, 3.8) is 0 Å². The Balaban J connectivity index is 2.62. The summed E-state index contributed by atoms with van der Waals surface area (Å²) in [6.07, 6.45) is 1.99. The number of rotatable bonds is 8. The number of anilines is 1. The maximum atomic E-state index is 12.1. The van der Waals surface area contributed by atoms with Gasteiger partial charge >= 0.3 is 0 Å². The van der Waals surface area contributed by atoms with Crippen molar-refractivity contribution < 1.29 is 17.9 Å². The Bertz CT molecular complexity index is 611. The van der Waals surface area contributed by atoms with Crippen LogP contribution >= 0.6 is 11.3 Å². The normalized spacial score (nSPS) is 11.7. The molecule has 0 saturated carbocycles. The van der Waals surface area contributed by atoms with Crippen LogP contribution in [0.15, 0.2) is 0 Å². The van der Waals surface area contributed by atoms with E-state index in [1.165, 1.54) is 7.05 Å². The van der Waals surface area contributed by atoms with Gasteiger partial charge in [0.1, 0.15) is 4.88 Å². The molecule has 1 amide bonds. The van der Waals surface area contributed by atoms with Gasteiger partial charge in [0.2, 0.25) is 10.0 Å². The summed E-state index contributed by atoms with van der Waals surface area (Å²) in [7, 11) is -1.97. The van der Waals surface area contributed by atoms with Gasteiger partial charge in [0.05, 0.1) is 18.1 Å². The van der Waals surface area contributed by atoms with Crippen LogP contribution in [0.3, 0.4) is 0 Å².